The highest BCUT2D eigenvalue weighted by Gasteiger charge is 2.17. The van der Waals surface area contributed by atoms with Gasteiger partial charge in [-0.15, -0.1) is 0 Å². The van der Waals surface area contributed by atoms with E-state index in [1.807, 2.05) is 91.9 Å². The minimum Gasteiger partial charge on any atom is -0.321 e. The minimum absolute atomic E-state index is 0.168. The van der Waals surface area contributed by atoms with Gasteiger partial charge in [0, 0.05) is 17.8 Å². The van der Waals surface area contributed by atoms with Crippen LogP contribution in [-0.2, 0) is 13.0 Å². The zero-order valence-electron chi connectivity index (χ0n) is 17.5. The van der Waals surface area contributed by atoms with Gasteiger partial charge in [-0.05, 0) is 48.1 Å². The van der Waals surface area contributed by atoms with Crippen molar-refractivity contribution in [2.75, 3.05) is 11.9 Å². The molecule has 0 aliphatic carbocycles. The van der Waals surface area contributed by atoms with Crippen LogP contribution in [0.3, 0.4) is 0 Å². The molecule has 0 aliphatic rings. The van der Waals surface area contributed by atoms with Crippen molar-refractivity contribution in [2.24, 2.45) is 0 Å². The Morgan fingerprint density at radius 1 is 0.935 bits per heavy atom. The van der Waals surface area contributed by atoms with Gasteiger partial charge >= 0.3 is 6.03 Å². The fraction of sp³-hybridized carbons (Fsp3) is 0.154. The molecule has 31 heavy (non-hydrogen) atoms. The molecule has 0 aliphatic heterocycles. The van der Waals surface area contributed by atoms with Crippen molar-refractivity contribution in [1.29, 1.82) is 0 Å². The third-order valence-electron chi connectivity index (χ3n) is 5.35. The Bertz CT molecular complexity index is 1230. The largest absolute Gasteiger partial charge is 0.322 e. The Kier molecular flexibility index (Phi) is 6.13. The summed E-state index contributed by atoms with van der Waals surface area (Å²) in [7, 11) is 0. The number of aryl methyl sites for hydroxylation is 1. The van der Waals surface area contributed by atoms with Gasteiger partial charge in [-0.1, -0.05) is 66.7 Å². The van der Waals surface area contributed by atoms with Crippen molar-refractivity contribution in [3.05, 3.63) is 112 Å². The van der Waals surface area contributed by atoms with E-state index in [2.05, 4.69) is 10.3 Å². The van der Waals surface area contributed by atoms with E-state index in [0.717, 1.165) is 27.7 Å². The maximum atomic E-state index is 13.1. The average molecular weight is 412 g/mol. The van der Waals surface area contributed by atoms with Crippen molar-refractivity contribution in [2.45, 2.75) is 19.9 Å². The molecular weight excluding hydrogens is 386 g/mol. The average Bonchev–Trinajstić information content (AvgIpc) is 2.79. The van der Waals surface area contributed by atoms with Gasteiger partial charge < -0.3 is 15.2 Å². The van der Waals surface area contributed by atoms with E-state index in [4.69, 9.17) is 0 Å². The van der Waals surface area contributed by atoms with Gasteiger partial charge in [0.2, 0.25) is 0 Å². The van der Waals surface area contributed by atoms with Gasteiger partial charge in [0.25, 0.3) is 5.56 Å². The summed E-state index contributed by atoms with van der Waals surface area (Å²) in [6, 6.07) is 26.9. The summed E-state index contributed by atoms with van der Waals surface area (Å²) < 4.78 is 0. The number of benzene rings is 3. The predicted octanol–water partition coefficient (Wildman–Crippen LogP) is 5.11. The van der Waals surface area contributed by atoms with Crippen molar-refractivity contribution in [3.63, 3.8) is 0 Å². The second-order valence-electron chi connectivity index (χ2n) is 7.62. The molecule has 0 saturated heterocycles. The smallest absolute Gasteiger partial charge is 0.321 e. The Balaban J connectivity index is 1.60. The molecule has 1 heterocycles. The number of anilines is 1. The Morgan fingerprint density at radius 3 is 2.39 bits per heavy atom. The van der Waals surface area contributed by atoms with Crippen LogP contribution in [0.1, 0.15) is 16.7 Å². The number of hydrogen-bond acceptors (Lipinski definition) is 2. The molecular formula is C26H25N3O2. The lowest BCUT2D eigenvalue weighted by molar-refractivity contribution is 0.209. The Morgan fingerprint density at radius 2 is 1.65 bits per heavy atom. The zero-order chi connectivity index (χ0) is 21.6. The van der Waals surface area contributed by atoms with E-state index in [9.17, 15) is 9.59 Å². The number of aromatic amines is 1. The van der Waals surface area contributed by atoms with Crippen LogP contribution in [0.25, 0.3) is 10.9 Å². The lowest BCUT2D eigenvalue weighted by Crippen LogP contribution is -2.37. The van der Waals surface area contributed by atoms with E-state index in [1.54, 1.807) is 4.90 Å². The summed E-state index contributed by atoms with van der Waals surface area (Å²) >= 11 is 0. The first-order chi connectivity index (χ1) is 15.1. The molecule has 0 atom stereocenters. The summed E-state index contributed by atoms with van der Waals surface area (Å²) in [5.74, 6) is 0. The van der Waals surface area contributed by atoms with Gasteiger partial charge in [-0.3, -0.25) is 4.79 Å². The number of urea groups is 1. The summed E-state index contributed by atoms with van der Waals surface area (Å²) in [6.07, 6.45) is 0.702. The summed E-state index contributed by atoms with van der Waals surface area (Å²) in [4.78, 5) is 30.5. The van der Waals surface area contributed by atoms with E-state index in [0.29, 0.717) is 18.5 Å². The number of rotatable bonds is 6. The highest BCUT2D eigenvalue weighted by molar-refractivity contribution is 5.89. The molecule has 5 heteroatoms. The molecule has 0 unspecified atom stereocenters. The molecule has 156 valence electrons. The first-order valence-corrected chi connectivity index (χ1v) is 10.4. The number of carbonyl (C=O) groups excluding carboxylic acids is 1. The first kappa shape index (κ1) is 20.4. The molecule has 1 aromatic heterocycles. The van der Waals surface area contributed by atoms with Gasteiger partial charge in [-0.2, -0.15) is 0 Å². The number of nitrogens with one attached hydrogen (secondary N) is 2. The fourth-order valence-electron chi connectivity index (χ4n) is 3.64. The summed E-state index contributed by atoms with van der Waals surface area (Å²) in [5, 5.41) is 3.90. The molecule has 2 N–H and O–H groups in total. The van der Waals surface area contributed by atoms with Crippen molar-refractivity contribution >= 4 is 22.6 Å². The number of nitrogens with zero attached hydrogens (tertiary/aromatic N) is 1. The van der Waals surface area contributed by atoms with Crippen LogP contribution in [0.5, 0.6) is 0 Å². The Labute approximate surface area is 181 Å². The number of fused-ring (bicyclic) bond motifs is 1. The molecule has 0 spiro atoms. The van der Waals surface area contributed by atoms with Crippen molar-refractivity contribution in [3.8, 4) is 0 Å². The van der Waals surface area contributed by atoms with E-state index in [-0.39, 0.29) is 18.1 Å². The number of carbonyl (C=O) groups is 1. The highest BCUT2D eigenvalue weighted by atomic mass is 16.2. The van der Waals surface area contributed by atoms with Crippen molar-refractivity contribution in [1.82, 2.24) is 9.88 Å². The SMILES string of the molecule is Cc1cccc2cc(CN(CCc3ccccc3)C(=O)Nc3ccccc3)c(=O)[nH]c12. The second kappa shape index (κ2) is 9.30. The molecule has 4 rings (SSSR count). The topological polar surface area (TPSA) is 65.2 Å². The molecule has 0 radical (unpaired) electrons. The van der Waals surface area contributed by atoms with E-state index < -0.39 is 0 Å². The molecule has 0 fully saturated rings. The summed E-state index contributed by atoms with van der Waals surface area (Å²) in [5.41, 5.74) is 4.11. The van der Waals surface area contributed by atoms with Gasteiger partial charge in [0.1, 0.15) is 0 Å². The maximum Gasteiger partial charge on any atom is 0.322 e. The van der Waals surface area contributed by atoms with Crippen molar-refractivity contribution < 1.29 is 4.79 Å². The minimum atomic E-state index is -0.231. The molecule has 0 saturated carbocycles. The Hall–Kier alpha value is -3.86. The van der Waals surface area contributed by atoms with Crippen LogP contribution >= 0.6 is 0 Å². The van der Waals surface area contributed by atoms with E-state index in [1.165, 1.54) is 0 Å². The lowest BCUT2D eigenvalue weighted by atomic mass is 10.1. The fourth-order valence-corrected chi connectivity index (χ4v) is 3.64. The highest BCUT2D eigenvalue weighted by Crippen LogP contribution is 2.17. The number of aromatic nitrogens is 1. The number of amides is 2. The third kappa shape index (κ3) is 5.01. The predicted molar refractivity (Wildman–Crippen MR) is 125 cm³/mol. The second-order valence-corrected chi connectivity index (χ2v) is 7.62. The van der Waals surface area contributed by atoms with Crippen LogP contribution < -0.4 is 10.9 Å². The molecule has 5 nitrogen and oxygen atoms in total. The summed E-state index contributed by atoms with van der Waals surface area (Å²) in [6.45, 7) is 2.69. The third-order valence-corrected chi connectivity index (χ3v) is 5.35. The number of hydrogen-bond donors (Lipinski definition) is 2. The van der Waals surface area contributed by atoms with Crippen LogP contribution in [0.4, 0.5) is 10.5 Å². The first-order valence-electron chi connectivity index (χ1n) is 10.4. The van der Waals surface area contributed by atoms with Crippen LogP contribution in [0, 0.1) is 6.92 Å². The standard InChI is InChI=1S/C26H25N3O2/c1-19-9-8-12-21-17-22(25(30)28-24(19)21)18-29(16-15-20-10-4-2-5-11-20)26(31)27-23-13-6-3-7-14-23/h2-14,17H,15-16,18H2,1H3,(H,27,31)(H,28,30). The van der Waals surface area contributed by atoms with Crippen LogP contribution in [-0.4, -0.2) is 22.5 Å². The van der Waals surface area contributed by atoms with Gasteiger partial charge in [0.15, 0.2) is 0 Å². The number of para-hydroxylation sites is 2. The quantitative estimate of drug-likeness (QED) is 0.463. The number of H-pyrrole nitrogens is 1. The van der Waals surface area contributed by atoms with Gasteiger partial charge in [-0.25, -0.2) is 4.79 Å². The maximum absolute atomic E-state index is 13.1. The van der Waals surface area contributed by atoms with Crippen LogP contribution in [0.15, 0.2) is 89.7 Å². The van der Waals surface area contributed by atoms with E-state index >= 15 is 0 Å². The monoisotopic (exact) mass is 411 g/mol. The molecule has 3 aromatic carbocycles. The molecule has 0 bridgehead atoms. The number of pyridine rings is 1. The molecule has 4 aromatic rings. The normalized spacial score (nSPS) is 10.7. The molecule has 2 amide bonds. The van der Waals surface area contributed by atoms with Gasteiger partial charge in [0.05, 0.1) is 12.1 Å². The lowest BCUT2D eigenvalue weighted by Gasteiger charge is -2.23. The zero-order valence-corrected chi connectivity index (χ0v) is 17.5. The van der Waals surface area contributed by atoms with Crippen LogP contribution in [0.2, 0.25) is 0 Å².